The molecule has 9 heteroatoms. The van der Waals surface area contributed by atoms with E-state index in [1.807, 2.05) is 0 Å². The van der Waals surface area contributed by atoms with Crippen LogP contribution >= 0.6 is 0 Å². The maximum Gasteiger partial charge on any atom is 0.243 e. The molecule has 0 unspecified atom stereocenters. The van der Waals surface area contributed by atoms with E-state index in [9.17, 15) is 22.8 Å². The molecule has 25 heavy (non-hydrogen) atoms. The molecule has 2 saturated heterocycles. The summed E-state index contributed by atoms with van der Waals surface area (Å²) in [4.78, 5) is 37.4. The highest BCUT2D eigenvalue weighted by Crippen LogP contribution is 2.25. The molecule has 0 aliphatic carbocycles. The zero-order valence-corrected chi connectivity index (χ0v) is 14.4. The fraction of sp³-hybridized carbons (Fsp3) is 0.438. The molecule has 0 radical (unpaired) electrons. The van der Waals surface area contributed by atoms with Gasteiger partial charge in [-0.15, -0.1) is 0 Å². The second-order valence-electron chi connectivity index (χ2n) is 6.02. The van der Waals surface area contributed by atoms with Crippen molar-refractivity contribution in [2.75, 3.05) is 31.1 Å². The predicted octanol–water partition coefficient (Wildman–Crippen LogP) is 0.193. The Hall–Kier alpha value is -2.26. The Bertz CT molecular complexity index is 766. The van der Waals surface area contributed by atoms with Crippen LogP contribution in [0.3, 0.4) is 0 Å². The third-order valence-electron chi connectivity index (χ3n) is 4.44. The van der Waals surface area contributed by atoms with Gasteiger partial charge in [0.15, 0.2) is 0 Å². The Morgan fingerprint density at radius 3 is 1.96 bits per heavy atom. The lowest BCUT2D eigenvalue weighted by Crippen LogP contribution is -2.47. The summed E-state index contributed by atoms with van der Waals surface area (Å²) >= 11 is 0. The Morgan fingerprint density at radius 2 is 1.44 bits per heavy atom. The number of piperidine rings is 1. The normalized spacial score (nSPS) is 20.0. The molecule has 0 spiro atoms. The minimum absolute atomic E-state index is 0.104. The first-order chi connectivity index (χ1) is 11.9. The van der Waals surface area contributed by atoms with E-state index in [0.717, 1.165) is 4.90 Å². The van der Waals surface area contributed by atoms with Crippen molar-refractivity contribution in [1.29, 1.82) is 0 Å². The van der Waals surface area contributed by atoms with E-state index in [2.05, 4.69) is 0 Å². The summed E-state index contributed by atoms with van der Waals surface area (Å²) in [7, 11) is -3.67. The minimum atomic E-state index is -3.67. The minimum Gasteiger partial charge on any atom is -0.343 e. The maximum atomic E-state index is 12.7. The second-order valence-corrected chi connectivity index (χ2v) is 7.95. The lowest BCUT2D eigenvalue weighted by Gasteiger charge is -2.31. The van der Waals surface area contributed by atoms with Gasteiger partial charge in [0.2, 0.25) is 28.2 Å². The lowest BCUT2D eigenvalue weighted by atomic mass is 10.1. The highest BCUT2D eigenvalue weighted by molar-refractivity contribution is 7.89. The van der Waals surface area contributed by atoms with E-state index in [0.29, 0.717) is 44.4 Å². The molecule has 134 valence electrons. The molecule has 0 bridgehead atoms. The maximum absolute atomic E-state index is 12.7. The average molecular weight is 365 g/mol. The van der Waals surface area contributed by atoms with Crippen LogP contribution in [0.5, 0.6) is 0 Å². The van der Waals surface area contributed by atoms with Gasteiger partial charge in [-0.2, -0.15) is 4.31 Å². The molecule has 2 heterocycles. The first kappa shape index (κ1) is 17.6. The summed E-state index contributed by atoms with van der Waals surface area (Å²) < 4.78 is 26.7. The van der Waals surface area contributed by atoms with Crippen molar-refractivity contribution < 1.29 is 22.8 Å². The van der Waals surface area contributed by atoms with Crippen LogP contribution in [0.1, 0.15) is 19.3 Å². The molecule has 1 aromatic rings. The number of hydrogen-bond donors (Lipinski definition) is 0. The van der Waals surface area contributed by atoms with Crippen LogP contribution in [-0.2, 0) is 24.4 Å². The first-order valence-corrected chi connectivity index (χ1v) is 9.53. The first-order valence-electron chi connectivity index (χ1n) is 8.09. The summed E-state index contributed by atoms with van der Waals surface area (Å²) in [6, 6.07) is 5.78. The quantitative estimate of drug-likeness (QED) is 0.561. The van der Waals surface area contributed by atoms with Crippen molar-refractivity contribution in [3.8, 4) is 0 Å². The van der Waals surface area contributed by atoms with E-state index in [1.54, 1.807) is 0 Å². The van der Waals surface area contributed by atoms with Gasteiger partial charge in [0.05, 0.1) is 10.6 Å². The number of carbonyl (C=O) groups is 3. The molecule has 0 aromatic heterocycles. The van der Waals surface area contributed by atoms with E-state index in [1.165, 1.54) is 33.5 Å². The van der Waals surface area contributed by atoms with Gasteiger partial charge in [-0.1, -0.05) is 0 Å². The van der Waals surface area contributed by atoms with Crippen molar-refractivity contribution in [3.05, 3.63) is 24.3 Å². The number of imide groups is 1. The number of benzene rings is 1. The highest BCUT2D eigenvalue weighted by Gasteiger charge is 2.30. The van der Waals surface area contributed by atoms with E-state index in [4.69, 9.17) is 0 Å². The van der Waals surface area contributed by atoms with Crippen molar-refractivity contribution >= 4 is 33.9 Å². The predicted molar refractivity (Wildman–Crippen MR) is 89.2 cm³/mol. The summed E-state index contributed by atoms with van der Waals surface area (Å²) in [6.45, 7) is 1.20. The monoisotopic (exact) mass is 365 g/mol. The molecule has 3 amide bonds. The van der Waals surface area contributed by atoms with Crippen LogP contribution in [0.15, 0.2) is 29.2 Å². The van der Waals surface area contributed by atoms with Crippen LogP contribution in [0.25, 0.3) is 0 Å². The van der Waals surface area contributed by atoms with Crippen molar-refractivity contribution in [3.63, 3.8) is 0 Å². The van der Waals surface area contributed by atoms with Gasteiger partial charge < -0.3 is 4.90 Å². The Labute approximate surface area is 146 Å². The lowest BCUT2D eigenvalue weighted by molar-refractivity contribution is -0.129. The SMILES string of the molecule is O=CN1CCN(S(=O)(=O)c2ccc(N3C(=O)CCCC3=O)cc2)CC1. The van der Waals surface area contributed by atoms with Gasteiger partial charge in [0.1, 0.15) is 0 Å². The van der Waals surface area contributed by atoms with Crippen LogP contribution in [0, 0.1) is 0 Å². The van der Waals surface area contributed by atoms with Crippen LogP contribution < -0.4 is 4.90 Å². The van der Waals surface area contributed by atoms with Crippen LogP contribution in [-0.4, -0.2) is 62.0 Å². The Balaban J connectivity index is 1.78. The van der Waals surface area contributed by atoms with Crippen molar-refractivity contribution in [2.24, 2.45) is 0 Å². The molecule has 8 nitrogen and oxygen atoms in total. The van der Waals surface area contributed by atoms with Gasteiger partial charge >= 0.3 is 0 Å². The van der Waals surface area contributed by atoms with Crippen LogP contribution in [0.4, 0.5) is 5.69 Å². The smallest absolute Gasteiger partial charge is 0.243 e. The number of anilines is 1. The molecule has 2 aliphatic heterocycles. The number of hydrogen-bond acceptors (Lipinski definition) is 5. The van der Waals surface area contributed by atoms with E-state index in [-0.39, 0.29) is 29.8 Å². The summed E-state index contributed by atoms with van der Waals surface area (Å²) in [5.74, 6) is -0.534. The van der Waals surface area contributed by atoms with E-state index < -0.39 is 10.0 Å². The van der Waals surface area contributed by atoms with Gasteiger partial charge in [-0.3, -0.25) is 19.3 Å². The van der Waals surface area contributed by atoms with Gasteiger partial charge in [-0.05, 0) is 30.7 Å². The van der Waals surface area contributed by atoms with E-state index >= 15 is 0 Å². The number of carbonyl (C=O) groups excluding carboxylic acids is 3. The fourth-order valence-electron chi connectivity index (χ4n) is 3.01. The topological polar surface area (TPSA) is 95.1 Å². The zero-order chi connectivity index (χ0) is 18.0. The number of amides is 3. The van der Waals surface area contributed by atoms with Crippen LogP contribution in [0.2, 0.25) is 0 Å². The molecule has 3 rings (SSSR count). The second kappa shape index (κ2) is 6.93. The molecule has 0 saturated carbocycles. The average Bonchev–Trinajstić information content (AvgIpc) is 2.62. The molecule has 0 N–H and O–H groups in total. The van der Waals surface area contributed by atoms with Gasteiger partial charge in [0, 0.05) is 39.0 Å². The number of rotatable bonds is 4. The standard InChI is InChI=1S/C16H19N3O5S/c20-12-17-8-10-18(11-9-17)25(23,24)14-6-4-13(5-7-14)19-15(21)2-1-3-16(19)22/h4-7,12H,1-3,8-11H2. The summed E-state index contributed by atoms with van der Waals surface area (Å²) in [6.07, 6.45) is 1.89. The Kier molecular flexibility index (Phi) is 4.87. The number of nitrogens with zero attached hydrogens (tertiary/aromatic N) is 3. The summed E-state index contributed by atoms with van der Waals surface area (Å²) in [5, 5.41) is 0. The largest absolute Gasteiger partial charge is 0.343 e. The Morgan fingerprint density at radius 1 is 0.880 bits per heavy atom. The fourth-order valence-corrected chi connectivity index (χ4v) is 4.43. The molecule has 1 aromatic carbocycles. The third-order valence-corrected chi connectivity index (χ3v) is 6.35. The van der Waals surface area contributed by atoms with Crippen molar-refractivity contribution in [2.45, 2.75) is 24.2 Å². The zero-order valence-electron chi connectivity index (χ0n) is 13.6. The molecule has 2 fully saturated rings. The number of sulfonamides is 1. The van der Waals surface area contributed by atoms with Gasteiger partial charge in [-0.25, -0.2) is 8.42 Å². The molecular weight excluding hydrogens is 346 g/mol. The number of piperazine rings is 1. The molecule has 2 aliphatic rings. The third kappa shape index (κ3) is 3.42. The molecular formula is C16H19N3O5S. The van der Waals surface area contributed by atoms with Gasteiger partial charge in [0.25, 0.3) is 0 Å². The summed E-state index contributed by atoms with van der Waals surface area (Å²) in [5.41, 5.74) is 0.388. The molecule has 0 atom stereocenters. The van der Waals surface area contributed by atoms with Crippen molar-refractivity contribution in [1.82, 2.24) is 9.21 Å². The highest BCUT2D eigenvalue weighted by atomic mass is 32.2.